The van der Waals surface area contributed by atoms with Crippen molar-refractivity contribution >= 4 is 17.8 Å². The van der Waals surface area contributed by atoms with Crippen molar-refractivity contribution in [3.05, 3.63) is 12.0 Å². The first kappa shape index (κ1) is 27.1. The van der Waals surface area contributed by atoms with Gasteiger partial charge in [-0.2, -0.15) is 13.2 Å². The van der Waals surface area contributed by atoms with Crippen molar-refractivity contribution in [1.82, 2.24) is 9.55 Å². The van der Waals surface area contributed by atoms with Crippen LogP contribution in [0.4, 0.5) is 13.2 Å². The number of amides is 1. The van der Waals surface area contributed by atoms with Crippen LogP contribution in [0.1, 0.15) is 30.6 Å². The van der Waals surface area contributed by atoms with Crippen LogP contribution in [0.5, 0.6) is 5.88 Å². The molecule has 0 bridgehead atoms. The van der Waals surface area contributed by atoms with Crippen molar-refractivity contribution in [2.45, 2.75) is 50.6 Å². The third-order valence-electron chi connectivity index (χ3n) is 4.24. The van der Waals surface area contributed by atoms with Crippen LogP contribution < -0.4 is 11.5 Å². The van der Waals surface area contributed by atoms with E-state index in [1.807, 2.05) is 0 Å². The number of carbonyl (C=O) groups is 3. The van der Waals surface area contributed by atoms with Gasteiger partial charge in [0.05, 0.1) is 0 Å². The number of aliphatic carboxylic acids is 1. The molecule has 0 aliphatic carbocycles. The maximum Gasteiger partial charge on any atom is 0.490 e. The van der Waals surface area contributed by atoms with Gasteiger partial charge >= 0.3 is 18.1 Å². The number of imidazole rings is 1. The van der Waals surface area contributed by atoms with Crippen molar-refractivity contribution in [3.63, 3.8) is 0 Å². The number of aliphatic hydroxyl groups excluding tert-OH is 2. The molecule has 1 amide bonds. The summed E-state index contributed by atoms with van der Waals surface area (Å²) in [7, 11) is 0. The van der Waals surface area contributed by atoms with Crippen LogP contribution in [0.2, 0.25) is 0 Å². The fourth-order valence-corrected chi connectivity index (χ4v) is 2.34. The molecule has 1 aliphatic heterocycles. The Morgan fingerprint density at radius 1 is 1.28 bits per heavy atom. The minimum Gasteiger partial charge on any atom is -0.493 e. The van der Waals surface area contributed by atoms with E-state index in [-0.39, 0.29) is 12.5 Å². The zero-order chi connectivity index (χ0) is 25.0. The number of alkyl halides is 3. The number of carboxylic acid groups (broad SMARTS) is 1. The predicted octanol–water partition coefficient (Wildman–Crippen LogP) is -1.53. The van der Waals surface area contributed by atoms with E-state index in [4.69, 9.17) is 30.8 Å². The number of nitrogens with two attached hydrogens (primary N) is 2. The van der Waals surface area contributed by atoms with Gasteiger partial charge in [0.1, 0.15) is 37.3 Å². The Morgan fingerprint density at radius 3 is 2.22 bits per heavy atom. The summed E-state index contributed by atoms with van der Waals surface area (Å²) in [6.07, 6.45) is -9.19. The van der Waals surface area contributed by atoms with Crippen LogP contribution >= 0.6 is 0 Å². The minimum absolute atomic E-state index is 0.129. The molecule has 0 aromatic carbocycles. The molecule has 1 fully saturated rings. The normalized spacial score (nSPS) is 23.9. The highest BCUT2D eigenvalue weighted by atomic mass is 19.4. The Kier molecular flexibility index (Phi) is 8.95. The maximum atomic E-state index is 11.8. The molecule has 8 N–H and O–H groups in total. The monoisotopic (exact) mass is 472 g/mol. The summed E-state index contributed by atoms with van der Waals surface area (Å²) in [5, 5.41) is 37.2. The number of esters is 1. The number of aromatic nitrogens is 2. The van der Waals surface area contributed by atoms with Crippen molar-refractivity contribution in [2.24, 2.45) is 17.4 Å². The summed E-state index contributed by atoms with van der Waals surface area (Å²) in [6.45, 7) is 3.17. The zero-order valence-electron chi connectivity index (χ0n) is 16.8. The molecule has 2 heterocycles. The van der Waals surface area contributed by atoms with Crippen molar-refractivity contribution < 1.29 is 57.5 Å². The second kappa shape index (κ2) is 10.6. The van der Waals surface area contributed by atoms with Crippen molar-refractivity contribution in [3.8, 4) is 5.88 Å². The van der Waals surface area contributed by atoms with Gasteiger partial charge in [0.15, 0.2) is 11.9 Å². The van der Waals surface area contributed by atoms with Crippen LogP contribution in [-0.4, -0.2) is 85.0 Å². The molecule has 1 aliphatic rings. The summed E-state index contributed by atoms with van der Waals surface area (Å²) in [6, 6.07) is -0.824. The zero-order valence-corrected chi connectivity index (χ0v) is 16.8. The van der Waals surface area contributed by atoms with E-state index in [0.717, 1.165) is 10.9 Å². The second-order valence-electron chi connectivity index (χ2n) is 6.94. The summed E-state index contributed by atoms with van der Waals surface area (Å²) >= 11 is 0. The van der Waals surface area contributed by atoms with Gasteiger partial charge in [0, 0.05) is 0 Å². The molecule has 1 unspecified atom stereocenters. The van der Waals surface area contributed by atoms with Crippen LogP contribution in [0.25, 0.3) is 0 Å². The Bertz CT molecular complexity index is 830. The second-order valence-corrected chi connectivity index (χ2v) is 6.94. The van der Waals surface area contributed by atoms with Crippen LogP contribution in [0.3, 0.4) is 0 Å². The Labute approximate surface area is 178 Å². The highest BCUT2D eigenvalue weighted by Crippen LogP contribution is 2.33. The van der Waals surface area contributed by atoms with E-state index >= 15 is 0 Å². The van der Waals surface area contributed by atoms with Crippen LogP contribution in [0, 0.1) is 5.92 Å². The standard InChI is InChI=1S/C14H22N4O7.C2HF3O2/c1-5(2)7(15)14(23)24-3-6-9(19)10(20)13(25-6)18-4-17-8(11(16)21)12(18)22;3-2(4,5)1(6)7/h4-7,9-10,13,19-20,22H,3,15H2,1-2H3,(H2,16,21);(H,6,7)/t6-,7+,9?,10-,13-;/m1./s1. The first-order valence-corrected chi connectivity index (χ1v) is 8.89. The molecule has 32 heavy (non-hydrogen) atoms. The number of primary amides is 1. The number of aromatic hydroxyl groups is 1. The van der Waals surface area contributed by atoms with Gasteiger partial charge < -0.3 is 41.4 Å². The molecular weight excluding hydrogens is 449 g/mol. The Balaban J connectivity index is 0.000000633. The SMILES string of the molecule is CC(C)[C@H](N)C(=O)OC[C@H]1O[C@@H](n2cnc(C(N)=O)c2O)[C@H](O)C1O.O=C(O)C(F)(F)F. The van der Waals surface area contributed by atoms with Gasteiger partial charge in [-0.25, -0.2) is 9.78 Å². The molecule has 13 nitrogen and oxygen atoms in total. The van der Waals surface area contributed by atoms with Gasteiger partial charge in [-0.15, -0.1) is 0 Å². The molecule has 16 heteroatoms. The third-order valence-corrected chi connectivity index (χ3v) is 4.24. The molecule has 1 aromatic heterocycles. The van der Waals surface area contributed by atoms with Gasteiger partial charge in [-0.3, -0.25) is 14.2 Å². The number of nitrogens with zero attached hydrogens (tertiary/aromatic N) is 2. The number of hydrogen-bond donors (Lipinski definition) is 6. The molecule has 2 rings (SSSR count). The largest absolute Gasteiger partial charge is 0.493 e. The average molecular weight is 472 g/mol. The predicted molar refractivity (Wildman–Crippen MR) is 95.8 cm³/mol. The topological polar surface area (TPSA) is 220 Å². The number of carbonyl (C=O) groups excluding carboxylic acids is 2. The molecule has 1 aromatic rings. The van der Waals surface area contributed by atoms with Gasteiger partial charge in [0.2, 0.25) is 5.88 Å². The molecule has 0 saturated carbocycles. The molecule has 0 spiro atoms. The minimum atomic E-state index is -5.08. The smallest absolute Gasteiger partial charge is 0.490 e. The van der Waals surface area contributed by atoms with Gasteiger partial charge in [0.25, 0.3) is 5.91 Å². The van der Waals surface area contributed by atoms with Crippen LogP contribution in [-0.2, 0) is 19.1 Å². The fourth-order valence-electron chi connectivity index (χ4n) is 2.34. The highest BCUT2D eigenvalue weighted by Gasteiger charge is 2.45. The lowest BCUT2D eigenvalue weighted by atomic mass is 10.1. The summed E-state index contributed by atoms with van der Waals surface area (Å²) in [5.74, 6) is -5.12. The number of rotatable bonds is 6. The fraction of sp³-hybridized carbons (Fsp3) is 0.625. The average Bonchev–Trinajstić information content (AvgIpc) is 3.19. The lowest BCUT2D eigenvalue weighted by Gasteiger charge is -2.18. The third kappa shape index (κ3) is 6.52. The molecule has 182 valence electrons. The quantitative estimate of drug-likeness (QED) is 0.261. The first-order valence-electron chi connectivity index (χ1n) is 8.89. The van der Waals surface area contributed by atoms with E-state index in [0.29, 0.717) is 0 Å². The highest BCUT2D eigenvalue weighted by molar-refractivity contribution is 5.93. The van der Waals surface area contributed by atoms with E-state index in [2.05, 4.69) is 4.98 Å². The summed E-state index contributed by atoms with van der Waals surface area (Å²) in [5.41, 5.74) is 10.3. The van der Waals surface area contributed by atoms with E-state index in [9.17, 15) is 38.1 Å². The first-order chi connectivity index (χ1) is 14.6. The molecule has 0 radical (unpaired) electrons. The van der Waals surface area contributed by atoms with Crippen LogP contribution in [0.15, 0.2) is 6.33 Å². The number of aliphatic hydroxyl groups is 2. The Hall–Kier alpha value is -2.95. The van der Waals surface area contributed by atoms with Gasteiger partial charge in [-0.05, 0) is 5.92 Å². The van der Waals surface area contributed by atoms with Gasteiger partial charge in [-0.1, -0.05) is 13.8 Å². The van der Waals surface area contributed by atoms with E-state index in [1.54, 1.807) is 13.8 Å². The molecule has 1 saturated heterocycles. The number of carboxylic acids is 1. The number of hydrogen-bond acceptors (Lipinski definition) is 10. The maximum absolute atomic E-state index is 11.8. The number of ether oxygens (including phenoxy) is 2. The van der Waals surface area contributed by atoms with E-state index < -0.39 is 66.2 Å². The summed E-state index contributed by atoms with van der Waals surface area (Å²) in [4.78, 5) is 35.4. The lowest BCUT2D eigenvalue weighted by molar-refractivity contribution is -0.192. The lowest BCUT2D eigenvalue weighted by Crippen LogP contribution is -2.40. The molecular formula is C16H23F3N4O9. The van der Waals surface area contributed by atoms with E-state index in [1.165, 1.54) is 0 Å². The summed E-state index contributed by atoms with van der Waals surface area (Å²) < 4.78 is 43.1. The van der Waals surface area contributed by atoms with Crippen molar-refractivity contribution in [1.29, 1.82) is 0 Å². The Morgan fingerprint density at radius 2 is 1.81 bits per heavy atom. The number of halogens is 3. The van der Waals surface area contributed by atoms with Crippen molar-refractivity contribution in [2.75, 3.05) is 6.61 Å². The molecule has 5 atom stereocenters.